The van der Waals surface area contributed by atoms with Crippen LogP contribution in [0.25, 0.3) is 11.1 Å². The van der Waals surface area contributed by atoms with E-state index in [1.165, 1.54) is 12.1 Å². The van der Waals surface area contributed by atoms with Crippen molar-refractivity contribution >= 4 is 40.3 Å². The molecule has 1 fully saturated rings. The molecule has 0 radical (unpaired) electrons. The first-order valence-electron chi connectivity index (χ1n) is 10.3. The number of aliphatic hydroxyl groups is 2. The van der Waals surface area contributed by atoms with Gasteiger partial charge >= 0.3 is 0 Å². The molecule has 0 unspecified atom stereocenters. The number of oxazole rings is 1. The lowest BCUT2D eigenvalue weighted by molar-refractivity contribution is -0.116. The number of benzene rings is 2. The molecule has 2 aliphatic heterocycles. The number of aromatic nitrogens is 1. The van der Waals surface area contributed by atoms with Gasteiger partial charge in [0, 0.05) is 29.6 Å². The highest BCUT2D eigenvalue weighted by molar-refractivity contribution is 6.31. The minimum atomic E-state index is -1.51. The molecule has 3 N–H and O–H groups in total. The first-order chi connectivity index (χ1) is 15.3. The molecule has 0 aliphatic carbocycles. The van der Waals surface area contributed by atoms with Gasteiger partial charge in [-0.05, 0) is 37.1 Å². The van der Waals surface area contributed by atoms with Gasteiger partial charge in [-0.1, -0.05) is 11.6 Å². The molecule has 168 valence electrons. The second-order valence-corrected chi connectivity index (χ2v) is 8.60. The molecule has 2 atom stereocenters. The van der Waals surface area contributed by atoms with Gasteiger partial charge in [0.05, 0.1) is 12.2 Å². The van der Waals surface area contributed by atoms with Crippen LogP contribution in [0.4, 0.5) is 16.1 Å². The number of fused-ring (bicyclic) bond motifs is 2. The van der Waals surface area contributed by atoms with Crippen molar-refractivity contribution in [2.45, 2.75) is 31.0 Å². The van der Waals surface area contributed by atoms with Crippen molar-refractivity contribution in [1.82, 2.24) is 4.98 Å². The van der Waals surface area contributed by atoms with Crippen LogP contribution in [0.15, 0.2) is 34.7 Å². The number of amides is 1. The highest BCUT2D eigenvalue weighted by Crippen LogP contribution is 2.35. The van der Waals surface area contributed by atoms with Crippen molar-refractivity contribution in [2.75, 3.05) is 29.9 Å². The quantitative estimate of drug-likeness (QED) is 0.548. The number of carbonyl (C=O) groups is 1. The molecule has 8 nitrogen and oxygen atoms in total. The van der Waals surface area contributed by atoms with Crippen molar-refractivity contribution in [3.8, 4) is 5.75 Å². The number of ether oxygens (including phenoxy) is 1. The molecular weight excluding hydrogens is 441 g/mol. The van der Waals surface area contributed by atoms with Crippen molar-refractivity contribution in [3.63, 3.8) is 0 Å². The maximum absolute atomic E-state index is 14.1. The fraction of sp³-hybridized carbons (Fsp3) is 0.364. The fourth-order valence-corrected chi connectivity index (χ4v) is 4.25. The molecule has 0 saturated carbocycles. The smallest absolute Gasteiger partial charge is 0.298 e. The highest BCUT2D eigenvalue weighted by atomic mass is 35.5. The Hall–Kier alpha value is -2.88. The van der Waals surface area contributed by atoms with Gasteiger partial charge in [-0.3, -0.25) is 4.79 Å². The second-order valence-electron chi connectivity index (χ2n) is 8.16. The molecule has 1 saturated heterocycles. The number of nitrogens with zero attached hydrogens (tertiary/aromatic N) is 2. The van der Waals surface area contributed by atoms with Gasteiger partial charge in [-0.25, -0.2) is 4.39 Å². The van der Waals surface area contributed by atoms with Crippen LogP contribution in [-0.2, 0) is 11.2 Å². The summed E-state index contributed by atoms with van der Waals surface area (Å²) >= 11 is 5.99. The van der Waals surface area contributed by atoms with Crippen molar-refractivity contribution in [2.24, 2.45) is 0 Å². The Labute approximate surface area is 187 Å². The molecule has 2 aromatic carbocycles. The average molecular weight is 462 g/mol. The van der Waals surface area contributed by atoms with Gasteiger partial charge in [0.2, 0.25) is 5.91 Å². The number of rotatable bonds is 4. The van der Waals surface area contributed by atoms with E-state index in [4.69, 9.17) is 20.8 Å². The molecule has 3 heterocycles. The summed E-state index contributed by atoms with van der Waals surface area (Å²) in [4.78, 5) is 17.8. The lowest BCUT2D eigenvalue weighted by Crippen LogP contribution is -2.58. The van der Waals surface area contributed by atoms with Gasteiger partial charge in [0.15, 0.2) is 5.58 Å². The van der Waals surface area contributed by atoms with Crippen LogP contribution in [0.3, 0.4) is 0 Å². The van der Waals surface area contributed by atoms with E-state index in [1.54, 1.807) is 23.1 Å². The summed E-state index contributed by atoms with van der Waals surface area (Å²) in [7, 11) is 0. The first-order valence-corrected chi connectivity index (χ1v) is 10.7. The first kappa shape index (κ1) is 21.0. The molecule has 32 heavy (non-hydrogen) atoms. The number of aliphatic hydroxyl groups excluding tert-OH is 1. The number of hydrogen-bond acceptors (Lipinski definition) is 7. The van der Waals surface area contributed by atoms with Crippen LogP contribution in [0.1, 0.15) is 18.4 Å². The van der Waals surface area contributed by atoms with Gasteiger partial charge < -0.3 is 29.6 Å². The average Bonchev–Trinajstić information content (AvgIpc) is 3.19. The lowest BCUT2D eigenvalue weighted by Gasteiger charge is -2.41. The Morgan fingerprint density at radius 3 is 3.00 bits per heavy atom. The summed E-state index contributed by atoms with van der Waals surface area (Å²) in [5, 5.41) is 24.8. The zero-order chi connectivity index (χ0) is 22.5. The second kappa shape index (κ2) is 7.91. The van der Waals surface area contributed by atoms with E-state index in [0.29, 0.717) is 46.4 Å². The monoisotopic (exact) mass is 461 g/mol. The van der Waals surface area contributed by atoms with Crippen molar-refractivity contribution < 1.29 is 28.6 Å². The topological polar surface area (TPSA) is 108 Å². The third-order valence-electron chi connectivity index (χ3n) is 6.00. The zero-order valence-electron chi connectivity index (χ0n) is 17.0. The van der Waals surface area contributed by atoms with Crippen molar-refractivity contribution in [1.29, 1.82) is 0 Å². The van der Waals surface area contributed by atoms with E-state index in [9.17, 15) is 19.4 Å². The van der Waals surface area contributed by atoms with Crippen LogP contribution < -0.4 is 15.0 Å². The van der Waals surface area contributed by atoms with E-state index < -0.39 is 17.5 Å². The minimum Gasteiger partial charge on any atom is -0.490 e. The number of carbonyl (C=O) groups excluding carboxylic acids is 1. The van der Waals surface area contributed by atoms with E-state index in [2.05, 4.69) is 10.3 Å². The van der Waals surface area contributed by atoms with E-state index >= 15 is 0 Å². The largest absolute Gasteiger partial charge is 0.490 e. The standard InChI is InChI=1S/C22H21ClFN3O5/c23-12-1-4-15-17(9-12)32-21(25-15)27-8-7-22(30,18(28)10-27)11-31-16-5-3-14(24)20-13(16)2-6-19(29)26-20/h1,3-5,9,18,28,30H,2,6-8,10-11H2,(H,26,29)/t18-,22-/m1/s1. The van der Waals surface area contributed by atoms with Gasteiger partial charge in [-0.15, -0.1) is 0 Å². The predicted molar refractivity (Wildman–Crippen MR) is 116 cm³/mol. The van der Waals surface area contributed by atoms with E-state index in [-0.39, 0.29) is 37.6 Å². The number of halogens is 2. The van der Waals surface area contributed by atoms with E-state index in [1.807, 2.05) is 0 Å². The fourth-order valence-electron chi connectivity index (χ4n) is 4.09. The Bertz CT molecular complexity index is 1200. The minimum absolute atomic E-state index is 0.0952. The SMILES string of the molecule is O=C1CCc2c(OC[C@]3(O)CCN(c4nc5ccc(Cl)cc5o4)C[C@H]3O)ccc(F)c2N1. The van der Waals surface area contributed by atoms with E-state index in [0.717, 1.165) is 0 Å². The molecule has 1 aromatic heterocycles. The summed E-state index contributed by atoms with van der Waals surface area (Å²) in [5.74, 6) is -0.413. The number of anilines is 2. The van der Waals surface area contributed by atoms with Crippen LogP contribution in [-0.4, -0.2) is 52.5 Å². The van der Waals surface area contributed by atoms with Crippen molar-refractivity contribution in [3.05, 3.63) is 46.7 Å². The number of nitrogens with one attached hydrogen (secondary N) is 1. The normalized spacial score (nSPS) is 23.2. The summed E-state index contributed by atoms with van der Waals surface area (Å²) in [5.41, 5.74) is 0.336. The highest BCUT2D eigenvalue weighted by Gasteiger charge is 2.43. The number of hydrogen-bond donors (Lipinski definition) is 3. The third-order valence-corrected chi connectivity index (χ3v) is 6.24. The Balaban J connectivity index is 1.29. The number of β-amino-alcohol motifs (C(OH)–C–C–N with tert-alkyl or cyclic N) is 1. The Morgan fingerprint density at radius 2 is 2.19 bits per heavy atom. The lowest BCUT2D eigenvalue weighted by atomic mass is 9.89. The molecule has 2 aliphatic rings. The molecular formula is C22H21ClFN3O5. The number of piperidine rings is 1. The molecule has 0 spiro atoms. The zero-order valence-corrected chi connectivity index (χ0v) is 17.7. The molecule has 1 amide bonds. The van der Waals surface area contributed by atoms with Gasteiger partial charge in [-0.2, -0.15) is 4.98 Å². The molecule has 0 bridgehead atoms. The maximum Gasteiger partial charge on any atom is 0.298 e. The van der Waals surface area contributed by atoms with Crippen LogP contribution in [0.5, 0.6) is 5.75 Å². The Morgan fingerprint density at radius 1 is 1.34 bits per heavy atom. The summed E-state index contributed by atoms with van der Waals surface area (Å²) in [6.45, 7) is 0.296. The predicted octanol–water partition coefficient (Wildman–Crippen LogP) is 2.89. The molecule has 3 aromatic rings. The Kier molecular flexibility index (Phi) is 5.19. The maximum atomic E-state index is 14.1. The van der Waals surface area contributed by atoms with Crippen LogP contribution in [0, 0.1) is 5.82 Å². The van der Waals surface area contributed by atoms with Crippen LogP contribution >= 0.6 is 11.6 Å². The summed E-state index contributed by atoms with van der Waals surface area (Å²) in [6, 6.07) is 8.16. The third kappa shape index (κ3) is 3.76. The van der Waals surface area contributed by atoms with Gasteiger partial charge in [0.25, 0.3) is 6.01 Å². The van der Waals surface area contributed by atoms with Gasteiger partial charge in [0.1, 0.15) is 35.4 Å². The summed E-state index contributed by atoms with van der Waals surface area (Å²) in [6.07, 6.45) is -0.367. The molecule has 5 rings (SSSR count). The van der Waals surface area contributed by atoms with Crippen LogP contribution in [0.2, 0.25) is 5.02 Å². The summed E-state index contributed by atoms with van der Waals surface area (Å²) < 4.78 is 25.6. The molecule has 10 heteroatoms.